The van der Waals surface area contributed by atoms with E-state index in [1.165, 1.54) is 0 Å². The van der Waals surface area contributed by atoms with Gasteiger partial charge in [0.25, 0.3) is 0 Å². The molecule has 1 atom stereocenters. The third kappa shape index (κ3) is 3.44. The number of rotatable bonds is 4. The molecular formula is C12H27N3. The standard InChI is InChI=1S/C12H27N3/c1-10(2)9-11(13)12(3,4)15-7-5-14-6-8-15/h10-11,14H,5-9,13H2,1-4H3. The second-order valence-electron chi connectivity index (χ2n) is 5.63. The molecule has 1 unspecified atom stereocenters. The van der Waals surface area contributed by atoms with Gasteiger partial charge in [-0.25, -0.2) is 0 Å². The quantitative estimate of drug-likeness (QED) is 0.733. The Balaban J connectivity index is 2.54. The minimum atomic E-state index is 0.131. The first-order chi connectivity index (χ1) is 6.94. The first-order valence-electron chi connectivity index (χ1n) is 6.16. The highest BCUT2D eigenvalue weighted by Gasteiger charge is 2.33. The second kappa shape index (κ2) is 5.28. The number of nitrogens with zero attached hydrogens (tertiary/aromatic N) is 1. The van der Waals surface area contributed by atoms with E-state index in [4.69, 9.17) is 5.73 Å². The zero-order chi connectivity index (χ0) is 11.5. The Morgan fingerprint density at radius 3 is 2.27 bits per heavy atom. The van der Waals surface area contributed by atoms with Gasteiger partial charge in [0.15, 0.2) is 0 Å². The summed E-state index contributed by atoms with van der Waals surface area (Å²) in [6.07, 6.45) is 1.11. The highest BCUT2D eigenvalue weighted by molar-refractivity contribution is 4.93. The molecule has 1 fully saturated rings. The van der Waals surface area contributed by atoms with E-state index >= 15 is 0 Å². The Hall–Kier alpha value is -0.120. The monoisotopic (exact) mass is 213 g/mol. The van der Waals surface area contributed by atoms with E-state index < -0.39 is 0 Å². The van der Waals surface area contributed by atoms with Crippen molar-refractivity contribution in [1.29, 1.82) is 0 Å². The Morgan fingerprint density at radius 2 is 1.80 bits per heavy atom. The van der Waals surface area contributed by atoms with Gasteiger partial charge in [0.1, 0.15) is 0 Å². The first-order valence-corrected chi connectivity index (χ1v) is 6.16. The van der Waals surface area contributed by atoms with Crippen LogP contribution in [-0.2, 0) is 0 Å². The fourth-order valence-electron chi connectivity index (χ4n) is 2.27. The van der Waals surface area contributed by atoms with Crippen LogP contribution in [0.15, 0.2) is 0 Å². The molecule has 1 rings (SSSR count). The summed E-state index contributed by atoms with van der Waals surface area (Å²) in [7, 11) is 0. The van der Waals surface area contributed by atoms with Crippen molar-refractivity contribution in [3.63, 3.8) is 0 Å². The summed E-state index contributed by atoms with van der Waals surface area (Å²) in [5, 5.41) is 3.38. The molecule has 1 saturated heterocycles. The number of hydrogen-bond acceptors (Lipinski definition) is 3. The Bertz CT molecular complexity index is 183. The lowest BCUT2D eigenvalue weighted by Gasteiger charge is -2.45. The van der Waals surface area contributed by atoms with Crippen molar-refractivity contribution in [2.24, 2.45) is 11.7 Å². The van der Waals surface area contributed by atoms with Crippen LogP contribution in [0, 0.1) is 5.92 Å². The van der Waals surface area contributed by atoms with Crippen molar-refractivity contribution >= 4 is 0 Å². The van der Waals surface area contributed by atoms with Crippen LogP contribution in [0.1, 0.15) is 34.1 Å². The average molecular weight is 213 g/mol. The van der Waals surface area contributed by atoms with Crippen molar-refractivity contribution < 1.29 is 0 Å². The molecule has 0 amide bonds. The average Bonchev–Trinajstić information content (AvgIpc) is 2.18. The van der Waals surface area contributed by atoms with E-state index in [9.17, 15) is 0 Å². The number of nitrogens with one attached hydrogen (secondary N) is 1. The van der Waals surface area contributed by atoms with Gasteiger partial charge in [-0.05, 0) is 26.2 Å². The molecule has 0 aromatic rings. The number of nitrogens with two attached hydrogens (primary N) is 1. The van der Waals surface area contributed by atoms with Crippen LogP contribution in [0.5, 0.6) is 0 Å². The summed E-state index contributed by atoms with van der Waals surface area (Å²) in [5.41, 5.74) is 6.45. The third-order valence-electron chi connectivity index (χ3n) is 3.56. The van der Waals surface area contributed by atoms with Gasteiger partial charge in [-0.2, -0.15) is 0 Å². The van der Waals surface area contributed by atoms with Gasteiger partial charge in [0.05, 0.1) is 0 Å². The molecule has 3 N–H and O–H groups in total. The lowest BCUT2D eigenvalue weighted by molar-refractivity contribution is 0.0736. The van der Waals surface area contributed by atoms with Crippen LogP contribution in [0.2, 0.25) is 0 Å². The van der Waals surface area contributed by atoms with Crippen molar-refractivity contribution in [3.8, 4) is 0 Å². The SMILES string of the molecule is CC(C)CC(N)C(C)(C)N1CCNCC1. The molecule has 0 aliphatic carbocycles. The predicted molar refractivity (Wildman–Crippen MR) is 66.0 cm³/mol. The zero-order valence-corrected chi connectivity index (χ0v) is 10.7. The largest absolute Gasteiger partial charge is 0.326 e. The van der Waals surface area contributed by atoms with Gasteiger partial charge in [-0.15, -0.1) is 0 Å². The molecule has 0 aromatic carbocycles. The second-order valence-corrected chi connectivity index (χ2v) is 5.63. The molecule has 1 heterocycles. The number of piperazine rings is 1. The summed E-state index contributed by atoms with van der Waals surface area (Å²) in [4.78, 5) is 2.52. The van der Waals surface area contributed by atoms with Crippen molar-refractivity contribution in [3.05, 3.63) is 0 Å². The normalized spacial score (nSPS) is 22.0. The maximum atomic E-state index is 6.32. The molecule has 0 spiro atoms. The Morgan fingerprint density at radius 1 is 1.27 bits per heavy atom. The van der Waals surface area contributed by atoms with E-state index in [0.29, 0.717) is 5.92 Å². The molecule has 3 nitrogen and oxygen atoms in total. The first kappa shape index (κ1) is 12.9. The molecular weight excluding hydrogens is 186 g/mol. The van der Waals surface area contributed by atoms with Crippen LogP contribution < -0.4 is 11.1 Å². The smallest absolute Gasteiger partial charge is 0.0305 e. The minimum absolute atomic E-state index is 0.131. The predicted octanol–water partition coefficient (Wildman–Crippen LogP) is 1.04. The topological polar surface area (TPSA) is 41.3 Å². The van der Waals surface area contributed by atoms with Crippen LogP contribution in [-0.4, -0.2) is 42.7 Å². The highest BCUT2D eigenvalue weighted by Crippen LogP contribution is 2.22. The molecule has 1 aliphatic heterocycles. The molecule has 0 radical (unpaired) electrons. The van der Waals surface area contributed by atoms with Gasteiger partial charge in [0.2, 0.25) is 0 Å². The molecule has 90 valence electrons. The Kier molecular flexibility index (Phi) is 4.56. The number of hydrogen-bond donors (Lipinski definition) is 2. The molecule has 0 bridgehead atoms. The van der Waals surface area contributed by atoms with Gasteiger partial charge in [0, 0.05) is 37.8 Å². The van der Waals surface area contributed by atoms with Crippen LogP contribution >= 0.6 is 0 Å². The van der Waals surface area contributed by atoms with Crippen molar-refractivity contribution in [2.75, 3.05) is 26.2 Å². The van der Waals surface area contributed by atoms with Crippen LogP contribution in [0.25, 0.3) is 0 Å². The van der Waals surface area contributed by atoms with E-state index in [2.05, 4.69) is 37.9 Å². The summed E-state index contributed by atoms with van der Waals surface area (Å²) < 4.78 is 0. The molecule has 15 heavy (non-hydrogen) atoms. The summed E-state index contributed by atoms with van der Waals surface area (Å²) >= 11 is 0. The fraction of sp³-hybridized carbons (Fsp3) is 1.00. The minimum Gasteiger partial charge on any atom is -0.326 e. The van der Waals surface area contributed by atoms with Gasteiger partial charge < -0.3 is 11.1 Å². The van der Waals surface area contributed by atoms with Crippen molar-refractivity contribution in [1.82, 2.24) is 10.2 Å². The third-order valence-corrected chi connectivity index (χ3v) is 3.56. The van der Waals surface area contributed by atoms with Gasteiger partial charge in [-0.3, -0.25) is 4.90 Å². The highest BCUT2D eigenvalue weighted by atomic mass is 15.2. The van der Waals surface area contributed by atoms with Crippen LogP contribution in [0.3, 0.4) is 0 Å². The lowest BCUT2D eigenvalue weighted by Crippen LogP contribution is -2.61. The van der Waals surface area contributed by atoms with Gasteiger partial charge >= 0.3 is 0 Å². The van der Waals surface area contributed by atoms with E-state index in [-0.39, 0.29) is 11.6 Å². The van der Waals surface area contributed by atoms with E-state index in [0.717, 1.165) is 32.6 Å². The molecule has 0 saturated carbocycles. The summed E-state index contributed by atoms with van der Waals surface area (Å²) in [5.74, 6) is 0.683. The lowest BCUT2D eigenvalue weighted by atomic mass is 9.86. The van der Waals surface area contributed by atoms with Crippen molar-refractivity contribution in [2.45, 2.75) is 45.7 Å². The fourth-order valence-corrected chi connectivity index (χ4v) is 2.27. The van der Waals surface area contributed by atoms with E-state index in [1.54, 1.807) is 0 Å². The van der Waals surface area contributed by atoms with E-state index in [1.807, 2.05) is 0 Å². The maximum Gasteiger partial charge on any atom is 0.0305 e. The van der Waals surface area contributed by atoms with Crippen LogP contribution in [0.4, 0.5) is 0 Å². The molecule has 3 heteroatoms. The Labute approximate surface area is 94.4 Å². The summed E-state index contributed by atoms with van der Waals surface area (Å²) in [6, 6.07) is 0.274. The molecule has 1 aliphatic rings. The maximum absolute atomic E-state index is 6.32. The summed E-state index contributed by atoms with van der Waals surface area (Å²) in [6.45, 7) is 13.5. The molecule has 0 aromatic heterocycles. The zero-order valence-electron chi connectivity index (χ0n) is 10.7. The van der Waals surface area contributed by atoms with Gasteiger partial charge in [-0.1, -0.05) is 13.8 Å².